The summed E-state index contributed by atoms with van der Waals surface area (Å²) in [6, 6.07) is 7.06. The van der Waals surface area contributed by atoms with Crippen molar-refractivity contribution in [2.45, 2.75) is 87.2 Å². The molecule has 1 N–H and O–H groups in total. The summed E-state index contributed by atoms with van der Waals surface area (Å²) in [5.41, 5.74) is 1.35. The summed E-state index contributed by atoms with van der Waals surface area (Å²) in [6.07, 6.45) is 10.9. The molecule has 1 saturated carbocycles. The summed E-state index contributed by atoms with van der Waals surface area (Å²) in [5.74, 6) is 1.63. The van der Waals surface area contributed by atoms with Gasteiger partial charge in [-0.3, -0.25) is 9.80 Å². The maximum atomic E-state index is 17.3. The van der Waals surface area contributed by atoms with Gasteiger partial charge in [-0.2, -0.15) is 9.97 Å². The first-order chi connectivity index (χ1) is 24.6. The van der Waals surface area contributed by atoms with Crippen LogP contribution in [-0.4, -0.2) is 91.0 Å². The summed E-state index contributed by atoms with van der Waals surface area (Å²) in [5, 5.41) is 11.5. The molecule has 260 valence electrons. The summed E-state index contributed by atoms with van der Waals surface area (Å²) in [7, 11) is 0. The Bertz CT molecular complexity index is 2270. The van der Waals surface area contributed by atoms with Crippen LogP contribution in [0.2, 0.25) is 0 Å². The van der Waals surface area contributed by atoms with Crippen LogP contribution < -0.4 is 14.4 Å². The number of fused-ring (bicyclic) bond motifs is 8. The van der Waals surface area contributed by atoms with Gasteiger partial charge < -0.3 is 19.5 Å². The molecule has 5 aliphatic heterocycles. The highest BCUT2D eigenvalue weighted by Gasteiger charge is 2.63. The maximum absolute atomic E-state index is 17.3. The molecule has 5 unspecified atom stereocenters. The summed E-state index contributed by atoms with van der Waals surface area (Å²) in [6.45, 7) is 7.72. The normalized spacial score (nSPS) is 28.5. The fourth-order valence-corrected chi connectivity index (χ4v) is 10.2. The van der Waals surface area contributed by atoms with Crippen molar-refractivity contribution in [2.75, 3.05) is 24.6 Å². The van der Waals surface area contributed by atoms with Gasteiger partial charge in [-0.1, -0.05) is 42.3 Å². The van der Waals surface area contributed by atoms with Crippen LogP contribution in [0.4, 0.5) is 19.4 Å². The number of carbonyl (C=O) groups is 1. The molecule has 4 aromatic rings. The van der Waals surface area contributed by atoms with Crippen LogP contribution in [-0.2, 0) is 0 Å². The second-order valence-electron chi connectivity index (χ2n) is 15.3. The first kappa shape index (κ1) is 30.8. The van der Waals surface area contributed by atoms with Gasteiger partial charge in [-0.25, -0.2) is 18.6 Å². The van der Waals surface area contributed by atoms with Crippen molar-refractivity contribution in [3.05, 3.63) is 59.7 Å². The van der Waals surface area contributed by atoms with Crippen LogP contribution in [0.5, 0.6) is 11.9 Å². The lowest BCUT2D eigenvalue weighted by molar-refractivity contribution is 0.0703. The molecule has 1 amide bonds. The minimum absolute atomic E-state index is 0.00539. The number of amides is 1. The fourth-order valence-electron chi connectivity index (χ4n) is 10.2. The van der Waals surface area contributed by atoms with Crippen LogP contribution >= 0.6 is 0 Å². The topological polar surface area (TPSA) is 104 Å². The molecule has 51 heavy (non-hydrogen) atoms. The zero-order valence-electron chi connectivity index (χ0n) is 28.2. The number of hydrogen-bond acceptors (Lipinski definition) is 8. The van der Waals surface area contributed by atoms with Crippen molar-refractivity contribution in [2.24, 2.45) is 0 Å². The largest absolute Gasteiger partial charge is 0.472 e. The number of nitrogens with zero attached hydrogens (tertiary/aromatic N) is 6. The number of pyridine rings is 1. The maximum Gasteiger partial charge on any atom is 0.407 e. The third-order valence-corrected chi connectivity index (χ3v) is 12.5. The second-order valence-corrected chi connectivity index (χ2v) is 15.3. The second kappa shape index (κ2) is 10.5. The summed E-state index contributed by atoms with van der Waals surface area (Å²) >= 11 is 0. The molecule has 6 aliphatic rings. The summed E-state index contributed by atoms with van der Waals surface area (Å²) in [4.78, 5) is 33.1. The Morgan fingerprint density at radius 3 is 2.75 bits per heavy atom. The van der Waals surface area contributed by atoms with E-state index in [-0.39, 0.29) is 57.2 Å². The molecule has 2 bridgehead atoms. The summed E-state index contributed by atoms with van der Waals surface area (Å²) < 4.78 is 45.5. The highest BCUT2D eigenvalue weighted by atomic mass is 19.1. The van der Waals surface area contributed by atoms with Gasteiger partial charge in [-0.15, -0.1) is 6.42 Å². The van der Waals surface area contributed by atoms with E-state index >= 15 is 8.78 Å². The Balaban J connectivity index is 1.16. The standard InChI is InChI=1S/C39H36F2N6O4/c1-4-24-26(40)10-8-22-6-5-7-25(28(22)24)31-30(41)32-29-34(44-36(43-32)50-19-39-15-14-38(12-13-38)46(39)17-20(2)16-39)45-18-23-9-11-27(47(23)37(48)49)33(45)21(3)51-35(29)42-31/h1,5-8,10,21,23,27,33H,2,9,11-19H2,3H3,(H,48,49). The molecule has 2 aromatic heterocycles. The van der Waals surface area contributed by atoms with Crippen LogP contribution in [0.1, 0.15) is 57.4 Å². The quantitative estimate of drug-likeness (QED) is 0.196. The smallest absolute Gasteiger partial charge is 0.407 e. The highest BCUT2D eigenvalue weighted by molar-refractivity contribution is 6.03. The van der Waals surface area contributed by atoms with Gasteiger partial charge in [0.25, 0.3) is 0 Å². The average molecular weight is 691 g/mol. The van der Waals surface area contributed by atoms with E-state index in [0.717, 1.165) is 25.8 Å². The van der Waals surface area contributed by atoms with E-state index in [1.54, 1.807) is 24.3 Å². The van der Waals surface area contributed by atoms with E-state index in [4.69, 9.17) is 30.8 Å². The van der Waals surface area contributed by atoms with Gasteiger partial charge in [-0.05, 0) is 63.3 Å². The Labute approximate surface area is 293 Å². The van der Waals surface area contributed by atoms with E-state index in [2.05, 4.69) is 22.3 Å². The van der Waals surface area contributed by atoms with E-state index in [1.165, 1.54) is 29.4 Å². The van der Waals surface area contributed by atoms with E-state index in [0.29, 0.717) is 48.1 Å². The lowest BCUT2D eigenvalue weighted by atomic mass is 9.94. The molecule has 12 heteroatoms. The Morgan fingerprint density at radius 1 is 1.14 bits per heavy atom. The molecule has 2 aromatic carbocycles. The fraction of sp³-hybridized carbons (Fsp3) is 0.436. The van der Waals surface area contributed by atoms with Gasteiger partial charge in [0.1, 0.15) is 40.9 Å². The van der Waals surface area contributed by atoms with Crippen molar-refractivity contribution in [1.82, 2.24) is 24.8 Å². The molecular weight excluding hydrogens is 654 g/mol. The van der Waals surface area contributed by atoms with Crippen molar-refractivity contribution < 1.29 is 28.2 Å². The predicted octanol–water partition coefficient (Wildman–Crippen LogP) is 6.29. The third-order valence-electron chi connectivity index (χ3n) is 12.5. The van der Waals surface area contributed by atoms with Crippen molar-refractivity contribution in [3.8, 4) is 35.5 Å². The van der Waals surface area contributed by atoms with Crippen molar-refractivity contribution in [1.29, 1.82) is 0 Å². The molecule has 0 radical (unpaired) electrons. The number of piperazine rings is 1. The molecule has 4 saturated heterocycles. The van der Waals surface area contributed by atoms with E-state index < -0.39 is 29.9 Å². The SMILES string of the molecule is C#Cc1c(F)ccc2cccc(-c3nc4c5c(nc(OCC67CCC8(CC8)N6CC(=C)C7)nc5c3F)N3CC5CCC(C3C(C)O4)N5C(=O)O)c12. The minimum atomic E-state index is -0.973. The molecule has 1 aliphatic carbocycles. The molecular formula is C39H36F2N6O4. The van der Waals surface area contributed by atoms with Crippen LogP contribution in [0.3, 0.4) is 0 Å². The monoisotopic (exact) mass is 690 g/mol. The van der Waals surface area contributed by atoms with Gasteiger partial charge >= 0.3 is 12.1 Å². The Morgan fingerprint density at radius 2 is 1.96 bits per heavy atom. The van der Waals surface area contributed by atoms with Crippen molar-refractivity contribution >= 4 is 33.6 Å². The number of benzene rings is 2. The van der Waals surface area contributed by atoms with Gasteiger partial charge in [0, 0.05) is 29.6 Å². The molecule has 7 heterocycles. The number of hydrogen-bond donors (Lipinski definition) is 1. The van der Waals surface area contributed by atoms with Crippen LogP contribution in [0, 0.1) is 24.0 Å². The lowest BCUT2D eigenvalue weighted by Crippen LogP contribution is -2.64. The molecule has 5 fully saturated rings. The van der Waals surface area contributed by atoms with Crippen LogP contribution in [0.25, 0.3) is 32.9 Å². The predicted molar refractivity (Wildman–Crippen MR) is 186 cm³/mol. The Hall–Kier alpha value is -5.02. The average Bonchev–Trinajstić information content (AvgIpc) is 3.67. The molecule has 10 rings (SSSR count). The molecule has 5 atom stereocenters. The van der Waals surface area contributed by atoms with Crippen LogP contribution in [0.15, 0.2) is 42.5 Å². The zero-order chi connectivity index (χ0) is 35.0. The van der Waals surface area contributed by atoms with Crippen molar-refractivity contribution in [3.63, 3.8) is 0 Å². The first-order valence-corrected chi connectivity index (χ1v) is 17.7. The number of halogens is 2. The van der Waals surface area contributed by atoms with Gasteiger partial charge in [0.05, 0.1) is 29.2 Å². The number of ether oxygens (including phenoxy) is 2. The first-order valence-electron chi connectivity index (χ1n) is 17.7. The number of terminal acetylenes is 1. The lowest BCUT2D eigenvalue weighted by Gasteiger charge is -2.47. The number of carboxylic acid groups (broad SMARTS) is 1. The Kier molecular flexibility index (Phi) is 6.34. The highest BCUT2D eigenvalue weighted by Crippen LogP contribution is 2.59. The van der Waals surface area contributed by atoms with E-state index in [1.807, 2.05) is 6.92 Å². The minimum Gasteiger partial charge on any atom is -0.472 e. The number of aromatic nitrogens is 3. The third kappa shape index (κ3) is 4.24. The van der Waals surface area contributed by atoms with E-state index in [9.17, 15) is 9.90 Å². The van der Waals surface area contributed by atoms with Gasteiger partial charge in [0.2, 0.25) is 5.88 Å². The number of anilines is 1. The number of rotatable bonds is 4. The molecule has 10 nitrogen and oxygen atoms in total. The molecule has 1 spiro atoms. The van der Waals surface area contributed by atoms with Gasteiger partial charge in [0.15, 0.2) is 5.82 Å². The zero-order valence-corrected chi connectivity index (χ0v) is 28.2.